The van der Waals surface area contributed by atoms with E-state index in [-0.39, 0.29) is 0 Å². The maximum absolute atomic E-state index is 5.80. The van der Waals surface area contributed by atoms with Gasteiger partial charge in [-0.15, -0.1) is 0 Å². The Balaban J connectivity index is 1.56. The first-order chi connectivity index (χ1) is 15.2. The zero-order chi connectivity index (χ0) is 21.7. The number of hydrogen-bond acceptors (Lipinski definition) is 6. The van der Waals surface area contributed by atoms with Crippen molar-refractivity contribution >= 4 is 5.69 Å². The van der Waals surface area contributed by atoms with Crippen molar-refractivity contribution in [3.8, 4) is 0 Å². The molecule has 1 saturated carbocycles. The van der Waals surface area contributed by atoms with E-state index in [4.69, 9.17) is 20.9 Å². The van der Waals surface area contributed by atoms with Gasteiger partial charge in [-0.2, -0.15) is 0 Å². The van der Waals surface area contributed by atoms with E-state index >= 15 is 0 Å². The smallest absolute Gasteiger partial charge is 0.0700 e. The minimum absolute atomic E-state index is 0.317. The predicted octanol–water partition coefficient (Wildman–Crippen LogP) is 3.09. The van der Waals surface area contributed by atoms with Gasteiger partial charge in [0, 0.05) is 37.0 Å². The number of fused-ring (bicyclic) bond motifs is 1. The minimum Gasteiger partial charge on any atom is -0.405 e. The first kappa shape index (κ1) is 22.2. The molecule has 1 saturated heterocycles. The zero-order valence-corrected chi connectivity index (χ0v) is 18.8. The van der Waals surface area contributed by atoms with E-state index in [9.17, 15) is 0 Å². The molecule has 0 aromatic heterocycles. The largest absolute Gasteiger partial charge is 0.405 e. The van der Waals surface area contributed by atoms with Gasteiger partial charge in [0.15, 0.2) is 0 Å². The van der Waals surface area contributed by atoms with Crippen molar-refractivity contribution in [3.63, 3.8) is 0 Å². The molecule has 6 nitrogen and oxygen atoms in total. The van der Waals surface area contributed by atoms with Crippen LogP contribution in [0.5, 0.6) is 0 Å². The van der Waals surface area contributed by atoms with Crippen LogP contribution in [0.2, 0.25) is 0 Å². The average molecular weight is 427 g/mol. The van der Waals surface area contributed by atoms with Crippen molar-refractivity contribution in [2.75, 3.05) is 45.3 Å². The van der Waals surface area contributed by atoms with Crippen LogP contribution in [0.3, 0.4) is 0 Å². The fraction of sp³-hybridized carbons (Fsp3) is 0.600. The van der Waals surface area contributed by atoms with Crippen molar-refractivity contribution in [2.45, 2.75) is 50.0 Å². The molecular formula is C25H38N4O2. The molecule has 6 heteroatoms. The predicted molar refractivity (Wildman–Crippen MR) is 126 cm³/mol. The van der Waals surface area contributed by atoms with Crippen molar-refractivity contribution in [2.24, 2.45) is 17.4 Å². The third-order valence-electron chi connectivity index (χ3n) is 7.65. The number of ether oxygens (including phenoxy) is 2. The fourth-order valence-electron chi connectivity index (χ4n) is 6.28. The van der Waals surface area contributed by atoms with Gasteiger partial charge in [0.05, 0.1) is 25.5 Å². The van der Waals surface area contributed by atoms with Gasteiger partial charge in [-0.1, -0.05) is 18.9 Å². The van der Waals surface area contributed by atoms with Crippen molar-refractivity contribution in [3.05, 3.63) is 53.5 Å². The monoisotopic (exact) mass is 426 g/mol. The van der Waals surface area contributed by atoms with Gasteiger partial charge in [0.25, 0.3) is 0 Å². The summed E-state index contributed by atoms with van der Waals surface area (Å²) in [5, 5.41) is 3.43. The van der Waals surface area contributed by atoms with Crippen LogP contribution < -0.4 is 16.8 Å². The van der Waals surface area contributed by atoms with Crippen molar-refractivity contribution < 1.29 is 9.47 Å². The third kappa shape index (κ3) is 4.47. The molecule has 2 bridgehead atoms. The molecule has 0 amide bonds. The second-order valence-electron chi connectivity index (χ2n) is 9.15. The first-order valence-corrected chi connectivity index (χ1v) is 11.7. The molecule has 1 aromatic rings. The van der Waals surface area contributed by atoms with Crippen LogP contribution in [0.25, 0.3) is 0 Å². The van der Waals surface area contributed by atoms with E-state index in [1.165, 1.54) is 43.9 Å². The molecule has 1 aliphatic heterocycles. The summed E-state index contributed by atoms with van der Waals surface area (Å²) in [5.41, 5.74) is 16.6. The Morgan fingerprint density at radius 1 is 1.23 bits per heavy atom. The highest BCUT2D eigenvalue weighted by Gasteiger charge is 2.53. The Morgan fingerprint density at radius 2 is 2.13 bits per heavy atom. The average Bonchev–Trinajstić information content (AvgIpc) is 2.80. The molecule has 170 valence electrons. The molecular weight excluding hydrogens is 388 g/mol. The number of piperidine rings is 1. The fourth-order valence-corrected chi connectivity index (χ4v) is 6.28. The van der Waals surface area contributed by atoms with Crippen LogP contribution in [-0.4, -0.2) is 51.0 Å². The molecule has 1 aromatic carbocycles. The van der Waals surface area contributed by atoms with Gasteiger partial charge in [-0.3, -0.25) is 4.90 Å². The quantitative estimate of drug-likeness (QED) is 0.416. The molecule has 2 fully saturated rings. The molecule has 0 radical (unpaired) electrons. The number of benzene rings is 1. The second kappa shape index (κ2) is 10.1. The highest BCUT2D eigenvalue weighted by Crippen LogP contribution is 2.56. The van der Waals surface area contributed by atoms with Crippen molar-refractivity contribution in [1.82, 2.24) is 4.90 Å². The minimum atomic E-state index is 0.317. The van der Waals surface area contributed by atoms with Crippen LogP contribution in [0, 0.1) is 5.92 Å². The SMILES string of the molecule is COCCOCCN1CCC23CCCCC2C1Cc1ccc(NC(/C=C\N)=C/N)cc13. The number of hydrogen-bond donors (Lipinski definition) is 3. The van der Waals surface area contributed by atoms with Crippen LogP contribution in [0.15, 0.2) is 42.4 Å². The van der Waals surface area contributed by atoms with Crippen molar-refractivity contribution in [1.29, 1.82) is 0 Å². The van der Waals surface area contributed by atoms with Gasteiger partial charge in [-0.25, -0.2) is 0 Å². The number of methoxy groups -OCH3 is 1. The van der Waals surface area contributed by atoms with Gasteiger partial charge < -0.3 is 26.3 Å². The summed E-state index contributed by atoms with van der Waals surface area (Å²) < 4.78 is 10.9. The number of nitrogens with zero attached hydrogens (tertiary/aromatic N) is 1. The Bertz CT molecular complexity index is 809. The molecule has 31 heavy (non-hydrogen) atoms. The number of allylic oxidation sites excluding steroid dienone is 1. The lowest BCUT2D eigenvalue weighted by Gasteiger charge is -2.59. The molecule has 3 atom stereocenters. The van der Waals surface area contributed by atoms with E-state index < -0.39 is 0 Å². The molecule has 3 unspecified atom stereocenters. The number of nitrogens with two attached hydrogens (primary N) is 2. The Morgan fingerprint density at radius 3 is 2.94 bits per heavy atom. The lowest BCUT2D eigenvalue weighted by molar-refractivity contribution is -0.0274. The summed E-state index contributed by atoms with van der Waals surface area (Å²) in [6.07, 6.45) is 12.6. The Labute approximate surface area is 186 Å². The summed E-state index contributed by atoms with van der Waals surface area (Å²) in [7, 11) is 1.72. The summed E-state index contributed by atoms with van der Waals surface area (Å²) >= 11 is 0. The third-order valence-corrected chi connectivity index (χ3v) is 7.65. The van der Waals surface area contributed by atoms with Gasteiger partial charge in [0.1, 0.15) is 0 Å². The highest BCUT2D eigenvalue weighted by atomic mass is 16.5. The Hall–Kier alpha value is -2.02. The lowest BCUT2D eigenvalue weighted by atomic mass is 9.52. The van der Waals surface area contributed by atoms with Crippen LogP contribution in [0.4, 0.5) is 5.69 Å². The Kier molecular flexibility index (Phi) is 7.20. The van der Waals surface area contributed by atoms with Gasteiger partial charge >= 0.3 is 0 Å². The number of nitrogens with one attached hydrogen (secondary N) is 1. The molecule has 2 aliphatic carbocycles. The zero-order valence-electron chi connectivity index (χ0n) is 18.8. The molecule has 1 heterocycles. The summed E-state index contributed by atoms with van der Waals surface area (Å²) in [4.78, 5) is 2.71. The van der Waals surface area contributed by atoms with E-state index in [0.717, 1.165) is 43.4 Å². The number of likely N-dealkylation sites (tertiary alicyclic amines) is 1. The maximum Gasteiger partial charge on any atom is 0.0700 e. The second-order valence-corrected chi connectivity index (χ2v) is 9.15. The standard InChI is InChI=1S/C25H38N4O2/c1-30-14-15-31-13-12-29-11-9-25-8-3-2-4-22(25)24(29)16-19-5-6-20(17-23(19)25)28-21(18-27)7-10-26/h5-7,10,17-18,22,24,28H,2-4,8-9,11-16,26-27H2,1H3/b10-7-,21-18+. The van der Waals surface area contributed by atoms with Gasteiger partial charge in [-0.05, 0) is 73.7 Å². The first-order valence-electron chi connectivity index (χ1n) is 11.7. The molecule has 0 spiro atoms. The van der Waals surface area contributed by atoms with Crippen LogP contribution >= 0.6 is 0 Å². The van der Waals surface area contributed by atoms with E-state index in [0.29, 0.717) is 24.7 Å². The molecule has 3 aliphatic rings. The summed E-state index contributed by atoms with van der Waals surface area (Å²) in [6, 6.07) is 7.53. The lowest BCUT2D eigenvalue weighted by Crippen LogP contribution is -2.61. The normalized spacial score (nSPS) is 28.4. The highest BCUT2D eigenvalue weighted by molar-refractivity contribution is 5.57. The van der Waals surface area contributed by atoms with Crippen LogP contribution in [0.1, 0.15) is 43.2 Å². The molecule has 5 N–H and O–H groups in total. The van der Waals surface area contributed by atoms with E-state index in [2.05, 4.69) is 28.4 Å². The molecule has 4 rings (SSSR count). The maximum atomic E-state index is 5.80. The number of rotatable bonds is 9. The number of anilines is 1. The summed E-state index contributed by atoms with van der Waals surface area (Å²) in [5.74, 6) is 0.741. The van der Waals surface area contributed by atoms with E-state index in [1.54, 1.807) is 24.9 Å². The van der Waals surface area contributed by atoms with Gasteiger partial charge in [0.2, 0.25) is 0 Å². The summed E-state index contributed by atoms with van der Waals surface area (Å²) in [6.45, 7) is 4.32. The topological polar surface area (TPSA) is 85.8 Å². The van der Waals surface area contributed by atoms with E-state index in [1.807, 2.05) is 0 Å². The van der Waals surface area contributed by atoms with Crippen LogP contribution in [-0.2, 0) is 21.3 Å².